The van der Waals surface area contributed by atoms with Gasteiger partial charge in [0.05, 0.1) is 13.8 Å². The zero-order valence-corrected chi connectivity index (χ0v) is 7.05. The molecule has 1 heterocycles. The summed E-state index contributed by atoms with van der Waals surface area (Å²) in [6.07, 6.45) is 0.847. The van der Waals surface area contributed by atoms with Crippen LogP contribution in [0.4, 0.5) is 0 Å². The number of epoxide rings is 1. The molecule has 1 saturated heterocycles. The molecule has 0 radical (unpaired) electrons. The van der Waals surface area contributed by atoms with Gasteiger partial charge in [0.25, 0.3) is 0 Å². The van der Waals surface area contributed by atoms with E-state index in [1.165, 1.54) is 0 Å². The summed E-state index contributed by atoms with van der Waals surface area (Å²) in [7, 11) is -1.16. The normalized spacial score (nSPS) is 34.1. The maximum atomic E-state index is 10.1. The number of carbonyl (C=O) groups is 1. The average Bonchev–Trinajstić information content (AvgIpc) is 2.39. The molecule has 1 fully saturated rings. The van der Waals surface area contributed by atoms with E-state index < -0.39 is 8.07 Å². The fraction of sp³-hybridized carbons (Fsp3) is 0.833. The van der Waals surface area contributed by atoms with Gasteiger partial charge in [0.15, 0.2) is 6.29 Å². The van der Waals surface area contributed by atoms with Gasteiger partial charge in [0.2, 0.25) is 0 Å². The zero-order chi connectivity index (χ0) is 7.07. The molecule has 1 aliphatic rings. The fourth-order valence-corrected chi connectivity index (χ4v) is 2.55. The first kappa shape index (κ1) is 6.96. The number of hydrogen-bond acceptors (Lipinski definition) is 2. The standard InChI is InChI=1S/C6H12O2Si/c1-9(2,3)6-5(4-7)8-6/h4-6H,1-3H3. The molecular weight excluding hydrogens is 132 g/mol. The summed E-state index contributed by atoms with van der Waals surface area (Å²) in [5, 5.41) is 0. The number of hydrogen-bond donors (Lipinski definition) is 0. The number of ether oxygens (including phenoxy) is 1. The molecule has 2 atom stereocenters. The maximum absolute atomic E-state index is 10.1. The average molecular weight is 144 g/mol. The monoisotopic (exact) mass is 144 g/mol. The summed E-state index contributed by atoms with van der Waals surface area (Å²) in [6.45, 7) is 6.63. The van der Waals surface area contributed by atoms with Crippen molar-refractivity contribution in [2.75, 3.05) is 0 Å². The Labute approximate surface area is 56.2 Å². The van der Waals surface area contributed by atoms with Crippen LogP contribution in [0.5, 0.6) is 0 Å². The molecule has 0 amide bonds. The molecule has 2 unspecified atom stereocenters. The molecule has 0 aromatic carbocycles. The van der Waals surface area contributed by atoms with E-state index in [-0.39, 0.29) is 6.10 Å². The highest BCUT2D eigenvalue weighted by Crippen LogP contribution is 2.29. The van der Waals surface area contributed by atoms with Crippen molar-refractivity contribution in [1.82, 2.24) is 0 Å². The number of rotatable bonds is 2. The van der Waals surface area contributed by atoms with Crippen molar-refractivity contribution < 1.29 is 9.53 Å². The van der Waals surface area contributed by atoms with E-state index in [2.05, 4.69) is 19.6 Å². The van der Waals surface area contributed by atoms with Crippen LogP contribution in [0.25, 0.3) is 0 Å². The molecule has 0 saturated carbocycles. The van der Waals surface area contributed by atoms with E-state index in [4.69, 9.17) is 4.74 Å². The lowest BCUT2D eigenvalue weighted by Gasteiger charge is -2.09. The largest absolute Gasteiger partial charge is 0.365 e. The van der Waals surface area contributed by atoms with E-state index in [1.54, 1.807) is 0 Å². The Morgan fingerprint density at radius 1 is 1.44 bits per heavy atom. The fourth-order valence-electron chi connectivity index (χ4n) is 0.924. The lowest BCUT2D eigenvalue weighted by atomic mass is 10.5. The third kappa shape index (κ3) is 1.40. The van der Waals surface area contributed by atoms with Crippen LogP contribution in [0, 0.1) is 0 Å². The van der Waals surface area contributed by atoms with Crippen molar-refractivity contribution in [2.45, 2.75) is 31.5 Å². The van der Waals surface area contributed by atoms with Gasteiger partial charge in [-0.05, 0) is 0 Å². The van der Waals surface area contributed by atoms with Crippen molar-refractivity contribution in [3.8, 4) is 0 Å². The van der Waals surface area contributed by atoms with Gasteiger partial charge in [0.1, 0.15) is 6.10 Å². The van der Waals surface area contributed by atoms with E-state index in [1.807, 2.05) is 0 Å². The first-order chi connectivity index (χ1) is 4.05. The van der Waals surface area contributed by atoms with Gasteiger partial charge in [-0.2, -0.15) is 0 Å². The first-order valence-corrected chi connectivity index (χ1v) is 6.74. The van der Waals surface area contributed by atoms with Crippen molar-refractivity contribution >= 4 is 14.4 Å². The van der Waals surface area contributed by atoms with Gasteiger partial charge < -0.3 is 9.53 Å². The molecule has 0 aliphatic carbocycles. The Balaban J connectivity index is 2.42. The van der Waals surface area contributed by atoms with E-state index in [0.29, 0.717) is 5.73 Å². The van der Waals surface area contributed by atoms with Crippen LogP contribution in [0.1, 0.15) is 0 Å². The lowest BCUT2D eigenvalue weighted by molar-refractivity contribution is -0.108. The molecule has 0 bridgehead atoms. The molecule has 0 aromatic rings. The third-order valence-corrected chi connectivity index (χ3v) is 3.68. The van der Waals surface area contributed by atoms with Crippen LogP contribution in [0.2, 0.25) is 19.6 Å². The number of carbonyl (C=O) groups excluding carboxylic acids is 1. The molecule has 3 heteroatoms. The summed E-state index contributed by atoms with van der Waals surface area (Å²) in [4.78, 5) is 10.1. The molecule has 0 spiro atoms. The van der Waals surface area contributed by atoms with Crippen molar-refractivity contribution in [3.05, 3.63) is 0 Å². The minimum atomic E-state index is -1.16. The summed E-state index contributed by atoms with van der Waals surface area (Å²) in [5.41, 5.74) is 0.301. The maximum Gasteiger partial charge on any atom is 0.151 e. The molecule has 0 N–H and O–H groups in total. The van der Waals surface area contributed by atoms with E-state index in [9.17, 15) is 4.79 Å². The predicted molar refractivity (Wildman–Crippen MR) is 38.1 cm³/mol. The predicted octanol–water partition coefficient (Wildman–Crippen LogP) is 0.830. The first-order valence-electron chi connectivity index (χ1n) is 3.16. The Bertz CT molecular complexity index is 128. The smallest absolute Gasteiger partial charge is 0.151 e. The van der Waals surface area contributed by atoms with Crippen molar-refractivity contribution in [2.24, 2.45) is 0 Å². The topological polar surface area (TPSA) is 29.6 Å². The van der Waals surface area contributed by atoms with Crippen LogP contribution in [-0.2, 0) is 9.53 Å². The highest BCUT2D eigenvalue weighted by Gasteiger charge is 2.47. The zero-order valence-electron chi connectivity index (χ0n) is 6.05. The Hall–Kier alpha value is -0.153. The summed E-state index contributed by atoms with van der Waals surface area (Å²) >= 11 is 0. The molecule has 1 rings (SSSR count). The van der Waals surface area contributed by atoms with Gasteiger partial charge in [-0.3, -0.25) is 0 Å². The quantitative estimate of drug-likeness (QED) is 0.326. The second-order valence-corrected chi connectivity index (χ2v) is 8.82. The van der Waals surface area contributed by atoms with Gasteiger partial charge in [-0.15, -0.1) is 0 Å². The minimum absolute atomic E-state index is 0.0586. The minimum Gasteiger partial charge on any atom is -0.365 e. The number of aldehydes is 1. The van der Waals surface area contributed by atoms with Gasteiger partial charge >= 0.3 is 0 Å². The van der Waals surface area contributed by atoms with Crippen LogP contribution in [0.3, 0.4) is 0 Å². The van der Waals surface area contributed by atoms with Crippen LogP contribution in [-0.4, -0.2) is 26.2 Å². The van der Waals surface area contributed by atoms with Gasteiger partial charge in [0, 0.05) is 0 Å². The molecule has 0 aromatic heterocycles. The summed E-state index contributed by atoms with van der Waals surface area (Å²) < 4.78 is 5.12. The summed E-state index contributed by atoms with van der Waals surface area (Å²) in [6, 6.07) is 0. The molecule has 2 nitrogen and oxygen atoms in total. The second-order valence-electron chi connectivity index (χ2n) is 3.52. The van der Waals surface area contributed by atoms with Gasteiger partial charge in [-0.25, -0.2) is 0 Å². The third-order valence-electron chi connectivity index (χ3n) is 1.51. The van der Waals surface area contributed by atoms with E-state index >= 15 is 0 Å². The highest BCUT2D eigenvalue weighted by molar-refractivity contribution is 6.78. The van der Waals surface area contributed by atoms with Crippen LogP contribution < -0.4 is 0 Å². The molecule has 52 valence electrons. The Morgan fingerprint density at radius 3 is 2.11 bits per heavy atom. The van der Waals surface area contributed by atoms with Crippen molar-refractivity contribution in [3.63, 3.8) is 0 Å². The van der Waals surface area contributed by atoms with Gasteiger partial charge in [-0.1, -0.05) is 19.6 Å². The molecule has 9 heavy (non-hydrogen) atoms. The second kappa shape index (κ2) is 1.92. The highest BCUT2D eigenvalue weighted by atomic mass is 28.3. The Kier molecular flexibility index (Phi) is 1.48. The van der Waals surface area contributed by atoms with Crippen LogP contribution in [0.15, 0.2) is 0 Å². The molecular formula is C6H12O2Si. The van der Waals surface area contributed by atoms with E-state index in [0.717, 1.165) is 6.29 Å². The lowest BCUT2D eigenvalue weighted by Crippen LogP contribution is -2.30. The Morgan fingerprint density at radius 2 is 2.00 bits per heavy atom. The SMILES string of the molecule is C[Si](C)(C)C1OC1C=O. The van der Waals surface area contributed by atoms with Crippen LogP contribution >= 0.6 is 0 Å². The summed E-state index contributed by atoms with van der Waals surface area (Å²) in [5.74, 6) is 0. The molecule has 1 aliphatic heterocycles. The van der Waals surface area contributed by atoms with Crippen molar-refractivity contribution in [1.29, 1.82) is 0 Å².